The third kappa shape index (κ3) is 58.4. The van der Waals surface area contributed by atoms with Gasteiger partial charge in [0, 0.05) is 19.3 Å². The Balaban J connectivity index is 4.25. The molecule has 6 nitrogen and oxygen atoms in total. The van der Waals surface area contributed by atoms with Crippen molar-refractivity contribution in [2.75, 3.05) is 13.2 Å². The van der Waals surface area contributed by atoms with E-state index in [2.05, 4.69) is 142 Å². The molecule has 0 aliphatic carbocycles. The molecule has 0 rings (SSSR count). The summed E-state index contributed by atoms with van der Waals surface area (Å²) in [6.45, 7) is 6.31. The fourth-order valence-electron chi connectivity index (χ4n) is 7.92. The van der Waals surface area contributed by atoms with Crippen LogP contribution in [-0.4, -0.2) is 37.2 Å². The minimum atomic E-state index is -0.823. The number of carbonyl (C=O) groups excluding carboxylic acids is 3. The Morgan fingerprint density at radius 3 is 0.892 bits per heavy atom. The number of unbranched alkanes of at least 4 members (excludes halogenated alkanes) is 20. The zero-order valence-electron chi connectivity index (χ0n) is 47.8. The largest absolute Gasteiger partial charge is 0.462 e. The van der Waals surface area contributed by atoms with E-state index in [1.54, 1.807) is 0 Å². The molecule has 0 fully saturated rings. The van der Waals surface area contributed by atoms with Crippen molar-refractivity contribution in [2.45, 2.75) is 264 Å². The second kappa shape index (κ2) is 61.1. The molecule has 0 heterocycles. The third-order valence-electron chi connectivity index (χ3n) is 12.4. The maximum atomic E-state index is 12.8. The highest BCUT2D eigenvalue weighted by Crippen LogP contribution is 2.15. The summed E-state index contributed by atoms with van der Waals surface area (Å²) in [5, 5.41) is 0. The van der Waals surface area contributed by atoms with E-state index in [-0.39, 0.29) is 31.6 Å². The predicted molar refractivity (Wildman–Crippen MR) is 320 cm³/mol. The molecule has 0 aliphatic rings. The van der Waals surface area contributed by atoms with Gasteiger partial charge in [-0.2, -0.15) is 0 Å². The van der Waals surface area contributed by atoms with Crippen LogP contribution in [-0.2, 0) is 28.6 Å². The van der Waals surface area contributed by atoms with Crippen molar-refractivity contribution < 1.29 is 28.6 Å². The topological polar surface area (TPSA) is 78.9 Å². The molecule has 1 unspecified atom stereocenters. The maximum absolute atomic E-state index is 12.8. The fraction of sp³-hybridized carbons (Fsp3) is 0.632. The molecular formula is C68H110O6. The third-order valence-corrected chi connectivity index (χ3v) is 12.4. The number of esters is 3. The van der Waals surface area contributed by atoms with Crippen LogP contribution in [0.4, 0.5) is 0 Å². The minimum Gasteiger partial charge on any atom is -0.462 e. The van der Waals surface area contributed by atoms with E-state index in [1.165, 1.54) is 96.3 Å². The highest BCUT2D eigenvalue weighted by Gasteiger charge is 2.19. The summed E-state index contributed by atoms with van der Waals surface area (Å²) in [7, 11) is 0. The van der Waals surface area contributed by atoms with Gasteiger partial charge in [-0.15, -0.1) is 0 Å². The van der Waals surface area contributed by atoms with E-state index in [1.807, 2.05) is 12.2 Å². The summed E-state index contributed by atoms with van der Waals surface area (Å²) in [5.74, 6) is -1.01. The van der Waals surface area contributed by atoms with Gasteiger partial charge in [-0.3, -0.25) is 14.4 Å². The molecule has 0 saturated carbocycles. The molecule has 1 atom stereocenters. The molecule has 0 aromatic heterocycles. The van der Waals surface area contributed by atoms with Crippen LogP contribution in [0, 0.1) is 0 Å². The van der Waals surface area contributed by atoms with Crippen molar-refractivity contribution >= 4 is 17.9 Å². The van der Waals surface area contributed by atoms with E-state index in [0.717, 1.165) is 116 Å². The van der Waals surface area contributed by atoms with Crippen molar-refractivity contribution in [3.63, 3.8) is 0 Å². The molecule has 0 aromatic carbocycles. The van der Waals surface area contributed by atoms with E-state index in [4.69, 9.17) is 14.2 Å². The van der Waals surface area contributed by atoms with Crippen LogP contribution in [0.2, 0.25) is 0 Å². The standard InChI is InChI=1S/C68H110O6/c1-4-7-10-13-16-19-22-25-26-27-28-29-30-31-32-33-34-35-36-37-38-39-40-41-42-44-46-49-52-55-58-61-67(70)73-64-65(63-72-66(69)60-57-54-51-48-45-24-21-18-15-12-9-6-3)74-68(71)62-59-56-53-50-47-43-23-20-17-14-11-8-5-2/h7-8,10-11,16-21,25-26,28-29,31-32,34-35,43,47,53,56,65H,4-6,9,12-15,22-24,27,30,33,36-42,44-46,48-52,54-55,57-64H2,1-3H3/b10-7-,11-8-,19-16-,20-17-,21-18-,26-25-,29-28-,32-31-,35-34-,47-43-,56-53-. The lowest BCUT2D eigenvalue weighted by molar-refractivity contribution is -0.166. The number of rotatable bonds is 53. The molecule has 0 amide bonds. The lowest BCUT2D eigenvalue weighted by Crippen LogP contribution is -2.30. The number of carbonyl (C=O) groups is 3. The van der Waals surface area contributed by atoms with Crippen molar-refractivity contribution in [3.05, 3.63) is 134 Å². The molecular weight excluding hydrogens is 913 g/mol. The van der Waals surface area contributed by atoms with Crippen LogP contribution in [0.15, 0.2) is 134 Å². The molecule has 0 spiro atoms. The SMILES string of the molecule is CC/C=C\C/C=C\C/C=C\C/C=C\C/C=C\C/C=C\CCCCCCCCCCCCCCC(=O)OCC(COC(=O)CCCCCCC/C=C\CCCCC)OC(=O)CC/C=C\C/C=C\C/C=C\C/C=C\CC. The minimum absolute atomic E-state index is 0.113. The van der Waals surface area contributed by atoms with Crippen LogP contribution in [0.5, 0.6) is 0 Å². The van der Waals surface area contributed by atoms with Crippen LogP contribution in [0.3, 0.4) is 0 Å². The summed E-state index contributed by atoms with van der Waals surface area (Å²) in [4.78, 5) is 38.1. The smallest absolute Gasteiger partial charge is 0.306 e. The second-order valence-corrected chi connectivity index (χ2v) is 19.5. The Labute approximate surface area is 455 Å². The van der Waals surface area contributed by atoms with Gasteiger partial charge in [0.25, 0.3) is 0 Å². The molecule has 0 radical (unpaired) electrons. The number of hydrogen-bond donors (Lipinski definition) is 0. The van der Waals surface area contributed by atoms with Gasteiger partial charge in [0.2, 0.25) is 0 Å². The van der Waals surface area contributed by atoms with Gasteiger partial charge in [-0.05, 0) is 122 Å². The van der Waals surface area contributed by atoms with Crippen LogP contribution < -0.4 is 0 Å². The average molecular weight is 1020 g/mol. The van der Waals surface area contributed by atoms with Crippen LogP contribution in [0.25, 0.3) is 0 Å². The summed E-state index contributed by atoms with van der Waals surface area (Å²) in [6.07, 6.45) is 86.2. The van der Waals surface area contributed by atoms with Gasteiger partial charge >= 0.3 is 17.9 Å². The lowest BCUT2D eigenvalue weighted by atomic mass is 10.0. The van der Waals surface area contributed by atoms with Crippen LogP contribution in [0.1, 0.15) is 258 Å². The highest BCUT2D eigenvalue weighted by atomic mass is 16.6. The Bertz CT molecular complexity index is 1600. The number of ether oxygens (including phenoxy) is 3. The summed E-state index contributed by atoms with van der Waals surface area (Å²) >= 11 is 0. The van der Waals surface area contributed by atoms with Gasteiger partial charge in [-0.25, -0.2) is 0 Å². The van der Waals surface area contributed by atoms with Crippen molar-refractivity contribution in [1.29, 1.82) is 0 Å². The zero-order chi connectivity index (χ0) is 53.6. The first-order chi connectivity index (χ1) is 36.5. The van der Waals surface area contributed by atoms with Crippen LogP contribution >= 0.6 is 0 Å². The second-order valence-electron chi connectivity index (χ2n) is 19.5. The van der Waals surface area contributed by atoms with Crippen molar-refractivity contribution in [2.24, 2.45) is 0 Å². The maximum Gasteiger partial charge on any atom is 0.306 e. The Morgan fingerprint density at radius 1 is 0.284 bits per heavy atom. The summed E-state index contributed by atoms with van der Waals surface area (Å²) < 4.78 is 16.8. The van der Waals surface area contributed by atoms with E-state index in [9.17, 15) is 14.4 Å². The van der Waals surface area contributed by atoms with Gasteiger partial charge in [0.05, 0.1) is 0 Å². The molecule has 0 saturated heterocycles. The first kappa shape index (κ1) is 69.5. The lowest BCUT2D eigenvalue weighted by Gasteiger charge is -2.18. The first-order valence-corrected chi connectivity index (χ1v) is 30.2. The highest BCUT2D eigenvalue weighted by molar-refractivity contribution is 5.71. The molecule has 0 bridgehead atoms. The molecule has 418 valence electrons. The van der Waals surface area contributed by atoms with Gasteiger partial charge < -0.3 is 14.2 Å². The zero-order valence-corrected chi connectivity index (χ0v) is 47.8. The molecule has 74 heavy (non-hydrogen) atoms. The quantitative estimate of drug-likeness (QED) is 0.0261. The molecule has 0 aromatic rings. The van der Waals surface area contributed by atoms with E-state index in [0.29, 0.717) is 19.3 Å². The van der Waals surface area contributed by atoms with Gasteiger partial charge in [0.1, 0.15) is 13.2 Å². The van der Waals surface area contributed by atoms with E-state index >= 15 is 0 Å². The van der Waals surface area contributed by atoms with Gasteiger partial charge in [0.15, 0.2) is 6.10 Å². The first-order valence-electron chi connectivity index (χ1n) is 30.2. The average Bonchev–Trinajstić information content (AvgIpc) is 3.40. The van der Waals surface area contributed by atoms with Crippen molar-refractivity contribution in [3.8, 4) is 0 Å². The Morgan fingerprint density at radius 2 is 0.554 bits per heavy atom. The molecule has 6 heteroatoms. The number of allylic oxidation sites excluding steroid dienone is 22. The van der Waals surface area contributed by atoms with Crippen molar-refractivity contribution in [1.82, 2.24) is 0 Å². The Kier molecular flexibility index (Phi) is 57.4. The predicted octanol–water partition coefficient (Wildman–Crippen LogP) is 20.6. The molecule has 0 N–H and O–H groups in total. The fourth-order valence-corrected chi connectivity index (χ4v) is 7.92. The summed E-state index contributed by atoms with van der Waals surface area (Å²) in [5.41, 5.74) is 0. The Hall–Kier alpha value is -4.45. The van der Waals surface area contributed by atoms with E-state index < -0.39 is 12.1 Å². The monoisotopic (exact) mass is 1020 g/mol. The molecule has 0 aliphatic heterocycles. The number of hydrogen-bond acceptors (Lipinski definition) is 6. The normalized spacial score (nSPS) is 13.1. The summed E-state index contributed by atoms with van der Waals surface area (Å²) in [6, 6.07) is 0. The van der Waals surface area contributed by atoms with Gasteiger partial charge in [-0.1, -0.05) is 251 Å².